The summed E-state index contributed by atoms with van der Waals surface area (Å²) >= 11 is 0. The third kappa shape index (κ3) is 5.23. The summed E-state index contributed by atoms with van der Waals surface area (Å²) in [5.74, 6) is 0. The molecule has 0 spiro atoms. The van der Waals surface area contributed by atoms with E-state index in [0.29, 0.717) is 5.56 Å². The van der Waals surface area contributed by atoms with Crippen LogP contribution in [0.4, 0.5) is 0 Å². The molecule has 0 radical (unpaired) electrons. The molecular formula is C45H38BN. The predicted octanol–water partition coefficient (Wildman–Crippen LogP) is 9.57. The van der Waals surface area contributed by atoms with Gasteiger partial charge in [0.15, 0.2) is 0 Å². The van der Waals surface area contributed by atoms with Gasteiger partial charge >= 0.3 is 0 Å². The van der Waals surface area contributed by atoms with E-state index >= 15 is 0 Å². The lowest BCUT2D eigenvalue weighted by molar-refractivity contribution is 1.34. The van der Waals surface area contributed by atoms with E-state index in [2.05, 4.69) is 163 Å². The van der Waals surface area contributed by atoms with Gasteiger partial charge in [0.2, 0.25) is 6.71 Å². The summed E-state index contributed by atoms with van der Waals surface area (Å²) in [5, 5.41) is 14.9. The Morgan fingerprint density at radius 3 is 1.36 bits per heavy atom. The Kier molecular flexibility index (Phi) is 7.79. The molecule has 0 fully saturated rings. The van der Waals surface area contributed by atoms with Crippen LogP contribution in [-0.2, 0) is 0 Å². The first-order valence-electron chi connectivity index (χ1n) is 16.5. The van der Waals surface area contributed by atoms with Crippen molar-refractivity contribution >= 4 is 44.6 Å². The van der Waals surface area contributed by atoms with Crippen LogP contribution in [0, 0.1) is 52.9 Å². The predicted molar refractivity (Wildman–Crippen MR) is 203 cm³/mol. The molecule has 7 rings (SSSR count). The smallest absolute Gasteiger partial charge is 0.192 e. The quantitative estimate of drug-likeness (QED) is 0.142. The number of nitrogens with zero attached hydrogens (tertiary/aromatic N) is 1. The molecule has 7 aromatic carbocycles. The second-order valence-electron chi connectivity index (χ2n) is 13.2. The zero-order chi connectivity index (χ0) is 32.8. The summed E-state index contributed by atoms with van der Waals surface area (Å²) in [6.45, 7) is 13.5. The fourth-order valence-electron chi connectivity index (χ4n) is 8.18. The van der Waals surface area contributed by atoms with Gasteiger partial charge in [-0.1, -0.05) is 159 Å². The Balaban J connectivity index is 1.68. The zero-order valence-corrected chi connectivity index (χ0v) is 28.1. The van der Waals surface area contributed by atoms with Crippen molar-refractivity contribution in [2.45, 2.75) is 41.5 Å². The summed E-state index contributed by atoms with van der Waals surface area (Å²) < 4.78 is 0. The largest absolute Gasteiger partial charge is 0.244 e. The highest BCUT2D eigenvalue weighted by Gasteiger charge is 2.32. The Morgan fingerprint density at radius 2 is 0.894 bits per heavy atom. The molecule has 0 aliphatic heterocycles. The molecule has 0 aromatic heterocycles. The summed E-state index contributed by atoms with van der Waals surface area (Å²) in [6.07, 6.45) is 0. The topological polar surface area (TPSA) is 23.8 Å². The van der Waals surface area contributed by atoms with Gasteiger partial charge in [0.25, 0.3) is 0 Å². The van der Waals surface area contributed by atoms with Crippen LogP contribution < -0.4 is 16.4 Å². The first-order valence-corrected chi connectivity index (χ1v) is 16.5. The van der Waals surface area contributed by atoms with Crippen LogP contribution in [0.2, 0.25) is 0 Å². The molecule has 0 heterocycles. The fraction of sp³-hybridized carbons (Fsp3) is 0.133. The van der Waals surface area contributed by atoms with Crippen LogP contribution in [0.1, 0.15) is 38.9 Å². The van der Waals surface area contributed by atoms with Crippen LogP contribution in [-0.4, -0.2) is 6.71 Å². The highest BCUT2D eigenvalue weighted by Crippen LogP contribution is 2.41. The number of fused-ring (bicyclic) bond motifs is 2. The average Bonchev–Trinajstić information content (AvgIpc) is 3.06. The first-order chi connectivity index (χ1) is 22.8. The van der Waals surface area contributed by atoms with Gasteiger partial charge in [0, 0.05) is 0 Å². The third-order valence-corrected chi connectivity index (χ3v) is 9.82. The van der Waals surface area contributed by atoms with Gasteiger partial charge in [-0.15, -0.1) is 0 Å². The molecule has 0 aliphatic carbocycles. The van der Waals surface area contributed by atoms with Gasteiger partial charge in [-0.25, -0.2) is 0 Å². The van der Waals surface area contributed by atoms with E-state index < -0.39 is 0 Å². The van der Waals surface area contributed by atoms with Crippen molar-refractivity contribution in [2.75, 3.05) is 0 Å². The molecule has 0 saturated carbocycles. The van der Waals surface area contributed by atoms with Crippen LogP contribution in [0.5, 0.6) is 0 Å². The molecule has 2 heteroatoms. The number of nitriles is 1. The molecule has 0 unspecified atom stereocenters. The van der Waals surface area contributed by atoms with Crippen LogP contribution in [0.3, 0.4) is 0 Å². The second-order valence-corrected chi connectivity index (χ2v) is 13.2. The van der Waals surface area contributed by atoms with Crippen molar-refractivity contribution in [3.05, 3.63) is 160 Å². The Labute approximate surface area is 279 Å². The molecule has 0 N–H and O–H groups in total. The monoisotopic (exact) mass is 603 g/mol. The minimum Gasteiger partial charge on any atom is -0.192 e. The molecule has 0 atom stereocenters. The Bertz CT molecular complexity index is 2220. The average molecular weight is 604 g/mol. The Hall–Kier alpha value is -5.39. The van der Waals surface area contributed by atoms with Crippen molar-refractivity contribution in [1.82, 2.24) is 0 Å². The first kappa shape index (κ1) is 30.3. The summed E-state index contributed by atoms with van der Waals surface area (Å²) in [5.41, 5.74) is 17.1. The molecule has 1 nitrogen and oxygen atoms in total. The fourth-order valence-corrected chi connectivity index (χ4v) is 8.18. The number of benzene rings is 7. The maximum Gasteiger partial charge on any atom is 0.244 e. The number of rotatable bonds is 5. The van der Waals surface area contributed by atoms with Crippen molar-refractivity contribution in [3.63, 3.8) is 0 Å². The summed E-state index contributed by atoms with van der Waals surface area (Å²) in [6, 6.07) is 46.3. The van der Waals surface area contributed by atoms with Crippen molar-refractivity contribution in [3.8, 4) is 28.3 Å². The molecule has 0 amide bonds. The van der Waals surface area contributed by atoms with Crippen LogP contribution in [0.15, 0.2) is 121 Å². The summed E-state index contributed by atoms with van der Waals surface area (Å²) in [7, 11) is 0. The van der Waals surface area contributed by atoms with E-state index in [4.69, 9.17) is 0 Å². The van der Waals surface area contributed by atoms with E-state index in [-0.39, 0.29) is 6.71 Å². The van der Waals surface area contributed by atoms with Crippen molar-refractivity contribution in [2.24, 2.45) is 0 Å². The van der Waals surface area contributed by atoms with Gasteiger partial charge in [-0.2, -0.15) is 5.26 Å². The molecule has 0 bridgehead atoms. The number of aryl methyl sites for hydroxylation is 6. The summed E-state index contributed by atoms with van der Waals surface area (Å²) in [4.78, 5) is 0. The second kappa shape index (κ2) is 12.1. The molecule has 0 saturated heterocycles. The molecule has 7 aromatic rings. The highest BCUT2D eigenvalue weighted by atomic mass is 14.3. The molecule has 47 heavy (non-hydrogen) atoms. The van der Waals surface area contributed by atoms with E-state index in [1.165, 1.54) is 76.9 Å². The van der Waals surface area contributed by atoms with E-state index in [9.17, 15) is 5.26 Å². The van der Waals surface area contributed by atoms with Crippen molar-refractivity contribution < 1.29 is 0 Å². The van der Waals surface area contributed by atoms with E-state index in [1.54, 1.807) is 0 Å². The van der Waals surface area contributed by atoms with E-state index in [1.807, 2.05) is 6.07 Å². The number of hydrogen-bond donors (Lipinski definition) is 0. The SMILES string of the molecule is Cc1cc(C)c(B(c2c(C)cc(C)cc2C)c2c3ccccc3c(-c3cc(C#N)ccc3-c3ccccc3)c3ccccc23)c(C)c1. The number of hydrogen-bond acceptors (Lipinski definition) is 1. The lowest BCUT2D eigenvalue weighted by atomic mass is 9.33. The van der Waals surface area contributed by atoms with Gasteiger partial charge in [0.1, 0.15) is 0 Å². The molecule has 226 valence electrons. The Morgan fingerprint density at radius 1 is 0.447 bits per heavy atom. The van der Waals surface area contributed by atoms with Gasteiger partial charge in [0.05, 0.1) is 11.6 Å². The highest BCUT2D eigenvalue weighted by molar-refractivity contribution is 6.99. The zero-order valence-electron chi connectivity index (χ0n) is 28.1. The molecular weight excluding hydrogens is 565 g/mol. The lowest BCUT2D eigenvalue weighted by Crippen LogP contribution is -2.56. The van der Waals surface area contributed by atoms with Crippen LogP contribution >= 0.6 is 0 Å². The molecule has 0 aliphatic rings. The van der Waals surface area contributed by atoms with Gasteiger partial charge < -0.3 is 0 Å². The van der Waals surface area contributed by atoms with Gasteiger partial charge in [-0.05, 0) is 97.5 Å². The minimum absolute atomic E-state index is 0.0269. The normalized spacial score (nSPS) is 11.2. The van der Waals surface area contributed by atoms with Gasteiger partial charge in [-0.3, -0.25) is 0 Å². The maximum absolute atomic E-state index is 10.1. The standard InChI is InChI=1S/C45H38BN/c1-28-22-30(3)43(31(4)23-28)46(44-32(5)24-29(2)25-33(44)6)45-39-18-12-10-16-37(39)42(38-17-11-13-19-40(38)45)41-26-34(27-47)20-21-36(41)35-14-8-7-9-15-35/h7-26H,1-6H3. The third-order valence-electron chi connectivity index (χ3n) is 9.82. The van der Waals surface area contributed by atoms with Crippen LogP contribution in [0.25, 0.3) is 43.8 Å². The maximum atomic E-state index is 10.1. The van der Waals surface area contributed by atoms with Crippen molar-refractivity contribution in [1.29, 1.82) is 5.26 Å². The van der Waals surface area contributed by atoms with E-state index in [0.717, 1.165) is 16.7 Å². The lowest BCUT2D eigenvalue weighted by Gasteiger charge is -2.28. The minimum atomic E-state index is 0.0269.